The zero-order valence-electron chi connectivity index (χ0n) is 16.2. The number of ether oxygens (including phenoxy) is 1. The lowest BCUT2D eigenvalue weighted by molar-refractivity contribution is -0.000120. The summed E-state index contributed by atoms with van der Waals surface area (Å²) in [7, 11) is 1.57. The minimum absolute atomic E-state index is 0.00300. The number of aromatic nitrogens is 4. The summed E-state index contributed by atoms with van der Waals surface area (Å²) in [6.45, 7) is 4.11. The number of anilines is 1. The maximum Gasteiger partial charge on any atom is 0.329 e. The highest BCUT2D eigenvalue weighted by molar-refractivity contribution is 5.74. The number of imidazole rings is 1. The summed E-state index contributed by atoms with van der Waals surface area (Å²) in [6, 6.07) is 0.273. The fraction of sp³-hybridized carbons (Fsp3) is 0.722. The van der Waals surface area contributed by atoms with Gasteiger partial charge < -0.3 is 19.7 Å². The second-order valence-corrected chi connectivity index (χ2v) is 7.55. The van der Waals surface area contributed by atoms with Gasteiger partial charge in [0.05, 0.1) is 25.4 Å². The zero-order chi connectivity index (χ0) is 19.6. The number of rotatable bonds is 7. The van der Waals surface area contributed by atoms with E-state index in [-0.39, 0.29) is 30.8 Å². The minimum Gasteiger partial charge on any atom is -0.389 e. The van der Waals surface area contributed by atoms with Crippen LogP contribution in [0.25, 0.3) is 11.2 Å². The quantitative estimate of drug-likeness (QED) is 0.660. The van der Waals surface area contributed by atoms with Gasteiger partial charge in [0.2, 0.25) is 5.95 Å². The first-order chi connectivity index (χ1) is 12.9. The van der Waals surface area contributed by atoms with Gasteiger partial charge in [0.25, 0.3) is 5.56 Å². The van der Waals surface area contributed by atoms with Gasteiger partial charge in [0.15, 0.2) is 11.2 Å². The molecule has 0 radical (unpaired) electrons. The third kappa shape index (κ3) is 4.41. The largest absolute Gasteiger partial charge is 0.389 e. The van der Waals surface area contributed by atoms with Gasteiger partial charge in [0.1, 0.15) is 0 Å². The Morgan fingerprint density at radius 1 is 1.30 bits per heavy atom. The smallest absolute Gasteiger partial charge is 0.329 e. The van der Waals surface area contributed by atoms with E-state index >= 15 is 0 Å². The molecule has 2 aromatic rings. The van der Waals surface area contributed by atoms with Crippen molar-refractivity contribution in [3.05, 3.63) is 20.8 Å². The first-order valence-corrected chi connectivity index (χ1v) is 9.62. The van der Waals surface area contributed by atoms with Crippen LogP contribution >= 0.6 is 0 Å². The number of nitrogens with one attached hydrogen (secondary N) is 2. The van der Waals surface area contributed by atoms with Crippen molar-refractivity contribution in [3.8, 4) is 0 Å². The Morgan fingerprint density at radius 2 is 2.00 bits per heavy atom. The number of hydrogen-bond acceptors (Lipinski definition) is 6. The highest BCUT2D eigenvalue weighted by atomic mass is 16.5. The van der Waals surface area contributed by atoms with E-state index in [4.69, 9.17) is 4.74 Å². The van der Waals surface area contributed by atoms with Crippen LogP contribution in [0.15, 0.2) is 9.59 Å². The van der Waals surface area contributed by atoms with Crippen molar-refractivity contribution in [2.75, 3.05) is 11.9 Å². The van der Waals surface area contributed by atoms with E-state index in [1.807, 2.05) is 13.8 Å². The van der Waals surface area contributed by atoms with Gasteiger partial charge >= 0.3 is 5.69 Å². The molecule has 0 saturated heterocycles. The van der Waals surface area contributed by atoms with Gasteiger partial charge in [-0.15, -0.1) is 0 Å². The summed E-state index contributed by atoms with van der Waals surface area (Å²) < 4.78 is 8.46. The number of aromatic amines is 1. The summed E-state index contributed by atoms with van der Waals surface area (Å²) in [6.07, 6.45) is 4.82. The summed E-state index contributed by atoms with van der Waals surface area (Å²) in [5.41, 5.74) is -0.433. The Morgan fingerprint density at radius 3 is 2.67 bits per heavy atom. The van der Waals surface area contributed by atoms with Crippen molar-refractivity contribution in [1.29, 1.82) is 0 Å². The molecule has 0 aliphatic heterocycles. The summed E-state index contributed by atoms with van der Waals surface area (Å²) >= 11 is 0. The molecule has 1 fully saturated rings. The fourth-order valence-corrected chi connectivity index (χ4v) is 3.52. The molecule has 1 saturated carbocycles. The molecule has 0 unspecified atom stereocenters. The monoisotopic (exact) mass is 379 g/mol. The predicted molar refractivity (Wildman–Crippen MR) is 103 cm³/mol. The average Bonchev–Trinajstić information content (AvgIpc) is 2.97. The standard InChI is InChI=1S/C18H29N5O4/c1-11(2)27-10-13(24)9-23-14-15(22(3)18(26)21-16(14)25)20-17(23)19-12-7-5-4-6-8-12/h11-13,24H,4-10H2,1-3H3,(H,19,20)(H,21,25,26)/t13-/m0/s1. The first-order valence-electron chi connectivity index (χ1n) is 9.62. The van der Waals surface area contributed by atoms with E-state index < -0.39 is 17.4 Å². The number of hydrogen-bond donors (Lipinski definition) is 3. The van der Waals surface area contributed by atoms with E-state index in [9.17, 15) is 14.7 Å². The molecule has 0 aromatic carbocycles. The van der Waals surface area contributed by atoms with Crippen LogP contribution in [0.4, 0.5) is 5.95 Å². The molecule has 150 valence electrons. The van der Waals surface area contributed by atoms with Gasteiger partial charge in [-0.05, 0) is 26.7 Å². The van der Waals surface area contributed by atoms with Crippen LogP contribution in [0.3, 0.4) is 0 Å². The number of aryl methyl sites for hydroxylation is 1. The number of fused-ring (bicyclic) bond motifs is 1. The Balaban J connectivity index is 1.98. The number of nitrogens with zero attached hydrogens (tertiary/aromatic N) is 3. The summed E-state index contributed by atoms with van der Waals surface area (Å²) in [5.74, 6) is 0.507. The van der Waals surface area contributed by atoms with Crippen LogP contribution in [0.2, 0.25) is 0 Å². The van der Waals surface area contributed by atoms with Gasteiger partial charge in [-0.25, -0.2) is 4.79 Å². The molecule has 1 aliphatic carbocycles. The van der Waals surface area contributed by atoms with Crippen molar-refractivity contribution in [3.63, 3.8) is 0 Å². The lowest BCUT2D eigenvalue weighted by atomic mass is 9.96. The molecular weight excluding hydrogens is 350 g/mol. The maximum atomic E-state index is 12.5. The fourth-order valence-electron chi connectivity index (χ4n) is 3.52. The highest BCUT2D eigenvalue weighted by Gasteiger charge is 2.22. The van der Waals surface area contributed by atoms with Crippen molar-refractivity contribution >= 4 is 17.1 Å². The average molecular weight is 379 g/mol. The van der Waals surface area contributed by atoms with Gasteiger partial charge in [0, 0.05) is 13.1 Å². The predicted octanol–water partition coefficient (Wildman–Crippen LogP) is 0.954. The minimum atomic E-state index is -0.798. The van der Waals surface area contributed by atoms with Crippen molar-refractivity contribution < 1.29 is 9.84 Å². The first kappa shape index (κ1) is 19.6. The molecule has 0 spiro atoms. The van der Waals surface area contributed by atoms with Crippen LogP contribution in [0.1, 0.15) is 46.0 Å². The van der Waals surface area contributed by atoms with Crippen LogP contribution in [0, 0.1) is 0 Å². The van der Waals surface area contributed by atoms with Crippen LogP contribution in [0.5, 0.6) is 0 Å². The number of H-pyrrole nitrogens is 1. The van der Waals surface area contributed by atoms with Crippen LogP contribution < -0.4 is 16.6 Å². The summed E-state index contributed by atoms with van der Waals surface area (Å²) in [5, 5.41) is 13.8. The Kier molecular flexibility index (Phi) is 6.01. The van der Waals surface area contributed by atoms with E-state index in [2.05, 4.69) is 15.3 Å². The zero-order valence-corrected chi connectivity index (χ0v) is 16.2. The molecule has 0 amide bonds. The molecular formula is C18H29N5O4. The molecule has 1 aliphatic rings. The Hall–Kier alpha value is -2.13. The molecule has 3 N–H and O–H groups in total. The van der Waals surface area contributed by atoms with Gasteiger partial charge in [-0.1, -0.05) is 19.3 Å². The van der Waals surface area contributed by atoms with Crippen LogP contribution in [-0.2, 0) is 18.3 Å². The third-order valence-corrected chi connectivity index (χ3v) is 4.96. The van der Waals surface area contributed by atoms with E-state index in [1.165, 1.54) is 11.0 Å². The third-order valence-electron chi connectivity index (χ3n) is 4.96. The molecule has 0 bridgehead atoms. The Labute approximate surface area is 157 Å². The topological polar surface area (TPSA) is 114 Å². The van der Waals surface area contributed by atoms with Gasteiger partial charge in [-0.2, -0.15) is 4.98 Å². The molecule has 2 heterocycles. The van der Waals surface area contributed by atoms with E-state index in [0.717, 1.165) is 25.7 Å². The Bertz CT molecular complexity index is 892. The second-order valence-electron chi connectivity index (χ2n) is 7.55. The lowest BCUT2D eigenvalue weighted by Gasteiger charge is -2.24. The molecule has 27 heavy (non-hydrogen) atoms. The van der Waals surface area contributed by atoms with Crippen LogP contribution in [-0.4, -0.2) is 49.1 Å². The molecule has 2 aromatic heterocycles. The van der Waals surface area contributed by atoms with Crippen molar-refractivity contribution in [2.24, 2.45) is 7.05 Å². The number of aliphatic hydroxyl groups excluding tert-OH is 1. The molecule has 9 heteroatoms. The normalized spacial score (nSPS) is 16.9. The SMILES string of the molecule is CC(C)OC[C@@H](O)Cn1c(NC2CCCCC2)nc2c1c(=O)[nH]c(=O)n2C. The van der Waals surface area contributed by atoms with Crippen molar-refractivity contribution in [2.45, 2.75) is 70.7 Å². The lowest BCUT2D eigenvalue weighted by Crippen LogP contribution is -2.31. The molecule has 9 nitrogen and oxygen atoms in total. The number of aliphatic hydroxyl groups is 1. The van der Waals surface area contributed by atoms with Gasteiger partial charge in [-0.3, -0.25) is 14.3 Å². The summed E-state index contributed by atoms with van der Waals surface area (Å²) in [4.78, 5) is 31.2. The van der Waals surface area contributed by atoms with E-state index in [0.29, 0.717) is 11.6 Å². The highest BCUT2D eigenvalue weighted by Crippen LogP contribution is 2.23. The van der Waals surface area contributed by atoms with E-state index in [1.54, 1.807) is 11.6 Å². The maximum absolute atomic E-state index is 12.5. The molecule has 3 rings (SSSR count). The second kappa shape index (κ2) is 8.26. The molecule has 1 atom stereocenters. The van der Waals surface area contributed by atoms with Crippen molar-refractivity contribution in [1.82, 2.24) is 19.1 Å².